The van der Waals surface area contributed by atoms with E-state index in [0.717, 1.165) is 37.4 Å². The first-order chi connectivity index (χ1) is 13.4. The van der Waals surface area contributed by atoms with Crippen molar-refractivity contribution in [2.45, 2.75) is 64.3 Å². The van der Waals surface area contributed by atoms with E-state index in [1.54, 1.807) is 0 Å². The van der Waals surface area contributed by atoms with Crippen molar-refractivity contribution in [3.05, 3.63) is 58.7 Å². The normalized spacial score (nSPS) is 23.4. The van der Waals surface area contributed by atoms with Crippen LogP contribution in [0.5, 0.6) is 5.75 Å². The van der Waals surface area contributed by atoms with Gasteiger partial charge in [-0.25, -0.2) is 0 Å². The minimum Gasteiger partial charge on any atom is -0.490 e. The summed E-state index contributed by atoms with van der Waals surface area (Å²) >= 11 is 0. The number of rotatable bonds is 4. The number of aryl methyl sites for hydroxylation is 1. The van der Waals surface area contributed by atoms with Crippen molar-refractivity contribution in [3.8, 4) is 5.75 Å². The first-order valence-electron chi connectivity index (χ1n) is 10.4. The van der Waals surface area contributed by atoms with Crippen LogP contribution >= 0.6 is 0 Å². The van der Waals surface area contributed by atoms with Crippen molar-refractivity contribution >= 4 is 5.69 Å². The third-order valence-corrected chi connectivity index (χ3v) is 5.77. The predicted octanol–water partition coefficient (Wildman–Crippen LogP) is 4.64. The lowest BCUT2D eigenvalue weighted by atomic mass is 9.88. The molecule has 0 bridgehead atoms. The van der Waals surface area contributed by atoms with Crippen LogP contribution in [0.2, 0.25) is 0 Å². The maximum atomic E-state index is 10.3. The Bertz CT molecular complexity index is 846. The first-order valence-corrected chi connectivity index (χ1v) is 10.4. The standard InChI is InChI=1S/C24H31NO3/c1-4-17-6-7-18(23-14-20(26)15-24(2,3)28-23)13-19(17)11-16-5-8-22-21(12-16)25-9-10-27-22/h5-8,12-13,20,23,25-26H,4,9-11,14-15H2,1-3H3. The van der Waals surface area contributed by atoms with Crippen molar-refractivity contribution in [3.63, 3.8) is 0 Å². The van der Waals surface area contributed by atoms with Crippen molar-refractivity contribution in [1.29, 1.82) is 0 Å². The second-order valence-corrected chi connectivity index (χ2v) is 8.62. The molecule has 2 N–H and O–H groups in total. The van der Waals surface area contributed by atoms with Crippen LogP contribution in [0.25, 0.3) is 0 Å². The monoisotopic (exact) mass is 381 g/mol. The molecule has 150 valence electrons. The first kappa shape index (κ1) is 19.3. The molecule has 0 aromatic heterocycles. The van der Waals surface area contributed by atoms with Crippen molar-refractivity contribution in [2.24, 2.45) is 0 Å². The molecule has 0 amide bonds. The minimum atomic E-state index is -0.310. The lowest BCUT2D eigenvalue weighted by Gasteiger charge is -2.39. The molecule has 28 heavy (non-hydrogen) atoms. The van der Waals surface area contributed by atoms with E-state index in [-0.39, 0.29) is 17.8 Å². The van der Waals surface area contributed by atoms with Gasteiger partial charge in [-0.3, -0.25) is 0 Å². The highest BCUT2D eigenvalue weighted by atomic mass is 16.5. The number of fused-ring (bicyclic) bond motifs is 1. The van der Waals surface area contributed by atoms with E-state index >= 15 is 0 Å². The Kier molecular flexibility index (Phi) is 5.35. The van der Waals surface area contributed by atoms with E-state index in [2.05, 4.69) is 62.5 Å². The van der Waals surface area contributed by atoms with Crippen LogP contribution in [-0.4, -0.2) is 30.0 Å². The zero-order chi connectivity index (χ0) is 19.7. The highest BCUT2D eigenvalue weighted by Gasteiger charge is 2.34. The Labute approximate surface area is 167 Å². The Morgan fingerprint density at radius 2 is 2.00 bits per heavy atom. The van der Waals surface area contributed by atoms with Crippen molar-refractivity contribution < 1.29 is 14.6 Å². The summed E-state index contributed by atoms with van der Waals surface area (Å²) < 4.78 is 12.0. The molecular formula is C24H31NO3. The molecule has 2 atom stereocenters. The minimum absolute atomic E-state index is 0.0537. The third kappa shape index (κ3) is 4.18. The average Bonchev–Trinajstić information content (AvgIpc) is 2.66. The number of hydrogen-bond acceptors (Lipinski definition) is 4. The van der Waals surface area contributed by atoms with Gasteiger partial charge in [-0.15, -0.1) is 0 Å². The fourth-order valence-electron chi connectivity index (χ4n) is 4.46. The molecule has 2 aliphatic heterocycles. The summed E-state index contributed by atoms with van der Waals surface area (Å²) in [6.07, 6.45) is 2.87. The number of hydrogen-bond donors (Lipinski definition) is 2. The fourth-order valence-corrected chi connectivity index (χ4v) is 4.46. The SMILES string of the molecule is CCc1ccc(C2CC(O)CC(C)(C)O2)cc1Cc1ccc2c(c1)NCCO2. The molecule has 0 saturated carbocycles. The topological polar surface area (TPSA) is 50.7 Å². The van der Waals surface area contributed by atoms with Gasteiger partial charge >= 0.3 is 0 Å². The molecule has 2 aliphatic rings. The number of ether oxygens (including phenoxy) is 2. The van der Waals surface area contributed by atoms with E-state index in [0.29, 0.717) is 12.8 Å². The smallest absolute Gasteiger partial charge is 0.142 e. The predicted molar refractivity (Wildman–Crippen MR) is 112 cm³/mol. The molecule has 0 radical (unpaired) electrons. The van der Waals surface area contributed by atoms with Crippen molar-refractivity contribution in [2.75, 3.05) is 18.5 Å². The van der Waals surface area contributed by atoms with Gasteiger partial charge in [0.2, 0.25) is 0 Å². The Morgan fingerprint density at radius 3 is 2.79 bits per heavy atom. The van der Waals surface area contributed by atoms with Crippen LogP contribution in [0.4, 0.5) is 5.69 Å². The second kappa shape index (κ2) is 7.76. The Balaban J connectivity index is 1.60. The Morgan fingerprint density at radius 1 is 1.14 bits per heavy atom. The van der Waals surface area contributed by atoms with Crippen LogP contribution in [0.1, 0.15) is 62.0 Å². The second-order valence-electron chi connectivity index (χ2n) is 8.62. The summed E-state index contributed by atoms with van der Waals surface area (Å²) in [6, 6.07) is 13.1. The lowest BCUT2D eigenvalue weighted by molar-refractivity contribution is -0.146. The number of anilines is 1. The quantitative estimate of drug-likeness (QED) is 0.810. The number of aliphatic hydroxyl groups excluding tert-OH is 1. The molecule has 4 heteroatoms. The van der Waals surface area contributed by atoms with Crippen LogP contribution in [0.15, 0.2) is 36.4 Å². The molecule has 2 unspecified atom stereocenters. The van der Waals surface area contributed by atoms with E-state index < -0.39 is 0 Å². The molecule has 2 heterocycles. The summed E-state index contributed by atoms with van der Waals surface area (Å²) in [4.78, 5) is 0. The molecule has 4 nitrogen and oxygen atoms in total. The van der Waals surface area contributed by atoms with Gasteiger partial charge in [-0.1, -0.05) is 31.2 Å². The van der Waals surface area contributed by atoms with Crippen LogP contribution < -0.4 is 10.1 Å². The van der Waals surface area contributed by atoms with Gasteiger partial charge < -0.3 is 19.9 Å². The number of aliphatic hydroxyl groups is 1. The molecule has 1 saturated heterocycles. The zero-order valence-corrected chi connectivity index (χ0v) is 17.1. The molecule has 2 aromatic rings. The molecule has 2 aromatic carbocycles. The van der Waals surface area contributed by atoms with Gasteiger partial charge in [0.15, 0.2) is 0 Å². The highest BCUT2D eigenvalue weighted by Crippen LogP contribution is 2.38. The van der Waals surface area contributed by atoms with Crippen LogP contribution in [-0.2, 0) is 17.6 Å². The summed E-state index contributed by atoms with van der Waals surface area (Å²) in [5, 5.41) is 13.7. The molecular weight excluding hydrogens is 350 g/mol. The van der Waals surface area contributed by atoms with Crippen molar-refractivity contribution in [1.82, 2.24) is 0 Å². The van der Waals surface area contributed by atoms with E-state index in [1.807, 2.05) is 0 Å². The van der Waals surface area contributed by atoms with Gasteiger partial charge in [0.1, 0.15) is 12.4 Å². The maximum absolute atomic E-state index is 10.3. The Hall–Kier alpha value is -2.04. The molecule has 1 fully saturated rings. The van der Waals surface area contributed by atoms with Gasteiger partial charge in [0.05, 0.1) is 23.5 Å². The fraction of sp³-hybridized carbons (Fsp3) is 0.500. The lowest BCUT2D eigenvalue weighted by Crippen LogP contribution is -2.38. The molecule has 4 rings (SSSR count). The van der Waals surface area contributed by atoms with Gasteiger partial charge in [-0.05, 0) is 61.1 Å². The summed E-state index contributed by atoms with van der Waals surface area (Å²) in [5.41, 5.74) is 5.92. The van der Waals surface area contributed by atoms with Crippen LogP contribution in [0.3, 0.4) is 0 Å². The maximum Gasteiger partial charge on any atom is 0.142 e. The average molecular weight is 382 g/mol. The van der Waals surface area contributed by atoms with E-state index in [4.69, 9.17) is 9.47 Å². The molecule has 0 aliphatic carbocycles. The third-order valence-electron chi connectivity index (χ3n) is 5.77. The number of nitrogens with one attached hydrogen (secondary N) is 1. The summed E-state index contributed by atoms with van der Waals surface area (Å²) in [5.74, 6) is 0.936. The van der Waals surface area contributed by atoms with E-state index in [9.17, 15) is 5.11 Å². The van der Waals surface area contributed by atoms with E-state index in [1.165, 1.54) is 22.3 Å². The summed E-state index contributed by atoms with van der Waals surface area (Å²) in [6.45, 7) is 7.89. The van der Waals surface area contributed by atoms with Crippen LogP contribution in [0, 0.1) is 0 Å². The highest BCUT2D eigenvalue weighted by molar-refractivity contribution is 5.59. The zero-order valence-electron chi connectivity index (χ0n) is 17.1. The van der Waals surface area contributed by atoms with Gasteiger partial charge in [0.25, 0.3) is 0 Å². The molecule has 0 spiro atoms. The number of benzene rings is 2. The summed E-state index contributed by atoms with van der Waals surface area (Å²) in [7, 11) is 0. The van der Waals surface area contributed by atoms with Gasteiger partial charge in [0, 0.05) is 19.4 Å². The largest absolute Gasteiger partial charge is 0.490 e. The van der Waals surface area contributed by atoms with Gasteiger partial charge in [-0.2, -0.15) is 0 Å².